The van der Waals surface area contributed by atoms with Gasteiger partial charge in [0.25, 0.3) is 0 Å². The van der Waals surface area contributed by atoms with Crippen molar-refractivity contribution < 1.29 is 4.52 Å². The Morgan fingerprint density at radius 2 is 1.69 bits per heavy atom. The number of thioether (sulfide) groups is 1. The molecule has 1 aliphatic heterocycles. The Morgan fingerprint density at radius 3 is 2.49 bits per heavy atom. The van der Waals surface area contributed by atoms with Crippen molar-refractivity contribution in [1.82, 2.24) is 10.1 Å². The maximum Gasteiger partial charge on any atom is 0.228 e. The van der Waals surface area contributed by atoms with Gasteiger partial charge in [-0.25, -0.2) is 0 Å². The fraction of sp³-hybridized carbons (Fsp3) is 0.367. The lowest BCUT2D eigenvalue weighted by Crippen LogP contribution is -2.30. The first-order chi connectivity index (χ1) is 17.3. The fourth-order valence-corrected chi connectivity index (χ4v) is 5.47. The molecule has 0 spiro atoms. The summed E-state index contributed by atoms with van der Waals surface area (Å²) in [6.45, 7) is 5.37. The molecule has 3 aromatic carbocycles. The Bertz CT molecular complexity index is 1210. The van der Waals surface area contributed by atoms with Gasteiger partial charge in [0, 0.05) is 29.6 Å². The summed E-state index contributed by atoms with van der Waals surface area (Å²) in [5, 5.41) is 7.03. The van der Waals surface area contributed by atoms with Crippen molar-refractivity contribution in [1.29, 1.82) is 0 Å². The van der Waals surface area contributed by atoms with Gasteiger partial charge in [-0.1, -0.05) is 72.6 Å². The number of likely N-dealkylation sites (tertiary alicyclic amines) is 1. The Balaban J connectivity index is 1.36. The lowest BCUT2D eigenvalue weighted by Gasteiger charge is -2.25. The molecule has 1 aliphatic rings. The minimum absolute atomic E-state index is 0.807. The second kappa shape index (κ2) is 11.8. The molecule has 4 aromatic rings. The number of aromatic nitrogens is 1. The molecule has 182 valence electrons. The number of hydrogen-bond donors (Lipinski definition) is 0. The summed E-state index contributed by atoms with van der Waals surface area (Å²) in [6.07, 6.45) is 8.63. The van der Waals surface area contributed by atoms with Crippen LogP contribution in [0.4, 0.5) is 5.88 Å². The summed E-state index contributed by atoms with van der Waals surface area (Å²) in [6, 6.07) is 25.9. The van der Waals surface area contributed by atoms with Gasteiger partial charge in [-0.3, -0.25) is 0 Å². The van der Waals surface area contributed by atoms with E-state index in [1.54, 1.807) is 11.8 Å². The SMILES string of the molecule is CSc1ccc(-c2cc(N(CCCN3CCCCCC3)Cc3cccc4ccccc34)on2)cc1. The molecule has 0 amide bonds. The van der Waals surface area contributed by atoms with Crippen molar-refractivity contribution in [3.63, 3.8) is 0 Å². The van der Waals surface area contributed by atoms with Gasteiger partial charge >= 0.3 is 0 Å². The molecule has 2 heterocycles. The Hall–Kier alpha value is -2.76. The quantitative estimate of drug-likeness (QED) is 0.229. The van der Waals surface area contributed by atoms with Crippen molar-refractivity contribution in [2.75, 3.05) is 37.3 Å². The largest absolute Gasteiger partial charge is 0.338 e. The molecule has 0 aliphatic carbocycles. The molecule has 0 atom stereocenters. The molecule has 1 aromatic heterocycles. The normalized spacial score (nSPS) is 14.8. The predicted molar refractivity (Wildman–Crippen MR) is 148 cm³/mol. The van der Waals surface area contributed by atoms with Crippen LogP contribution in [0.3, 0.4) is 0 Å². The molecule has 5 rings (SSSR count). The van der Waals surface area contributed by atoms with Crippen molar-refractivity contribution in [2.24, 2.45) is 0 Å². The summed E-state index contributed by atoms with van der Waals surface area (Å²) in [5.74, 6) is 0.845. The molecule has 35 heavy (non-hydrogen) atoms. The van der Waals surface area contributed by atoms with E-state index in [4.69, 9.17) is 4.52 Å². The highest BCUT2D eigenvalue weighted by atomic mass is 32.2. The Morgan fingerprint density at radius 1 is 0.914 bits per heavy atom. The molecule has 4 nitrogen and oxygen atoms in total. The van der Waals surface area contributed by atoms with Crippen molar-refractivity contribution in [3.8, 4) is 11.3 Å². The van der Waals surface area contributed by atoms with Crippen LogP contribution in [0.1, 0.15) is 37.7 Å². The first kappa shape index (κ1) is 24.0. The number of nitrogens with zero attached hydrogens (tertiary/aromatic N) is 3. The molecular weight excluding hydrogens is 450 g/mol. The molecule has 0 radical (unpaired) electrons. The average Bonchev–Trinajstić information content (AvgIpc) is 3.25. The van der Waals surface area contributed by atoms with Crippen LogP contribution in [0.25, 0.3) is 22.0 Å². The monoisotopic (exact) mass is 485 g/mol. The molecular formula is C30H35N3OS. The summed E-state index contributed by atoms with van der Waals surface area (Å²) in [7, 11) is 0. The molecule has 0 N–H and O–H groups in total. The minimum Gasteiger partial charge on any atom is -0.338 e. The number of benzene rings is 3. The van der Waals surface area contributed by atoms with Crippen LogP contribution in [-0.4, -0.2) is 42.5 Å². The predicted octanol–water partition coefficient (Wildman–Crippen LogP) is 7.49. The highest BCUT2D eigenvalue weighted by molar-refractivity contribution is 7.98. The summed E-state index contributed by atoms with van der Waals surface area (Å²) in [4.78, 5) is 6.26. The summed E-state index contributed by atoms with van der Waals surface area (Å²) in [5.41, 5.74) is 3.30. The number of rotatable bonds is 9. The van der Waals surface area contributed by atoms with E-state index in [0.29, 0.717) is 0 Å². The third-order valence-electron chi connectivity index (χ3n) is 7.04. The first-order valence-electron chi connectivity index (χ1n) is 12.9. The summed E-state index contributed by atoms with van der Waals surface area (Å²) >= 11 is 1.75. The van der Waals surface area contributed by atoms with E-state index in [2.05, 4.69) is 94.0 Å². The zero-order chi connectivity index (χ0) is 23.9. The Kier molecular flexibility index (Phi) is 8.07. The summed E-state index contributed by atoms with van der Waals surface area (Å²) < 4.78 is 5.94. The zero-order valence-electron chi connectivity index (χ0n) is 20.7. The maximum absolute atomic E-state index is 5.94. The van der Waals surface area contributed by atoms with Crippen molar-refractivity contribution in [2.45, 2.75) is 43.5 Å². The molecule has 0 saturated carbocycles. The molecule has 1 fully saturated rings. The maximum atomic E-state index is 5.94. The minimum atomic E-state index is 0.807. The number of fused-ring (bicyclic) bond motifs is 1. The van der Waals surface area contributed by atoms with Crippen molar-refractivity contribution in [3.05, 3.63) is 78.4 Å². The lowest BCUT2D eigenvalue weighted by atomic mass is 10.0. The van der Waals surface area contributed by atoms with Gasteiger partial charge in [0.2, 0.25) is 5.88 Å². The first-order valence-corrected chi connectivity index (χ1v) is 14.1. The highest BCUT2D eigenvalue weighted by Gasteiger charge is 2.17. The van der Waals surface area contributed by atoms with Crippen LogP contribution in [-0.2, 0) is 6.54 Å². The van der Waals surface area contributed by atoms with Gasteiger partial charge in [0.05, 0.1) is 0 Å². The fourth-order valence-electron chi connectivity index (χ4n) is 5.06. The van der Waals surface area contributed by atoms with Crippen LogP contribution in [0, 0.1) is 0 Å². The lowest BCUT2D eigenvalue weighted by molar-refractivity contribution is 0.281. The topological polar surface area (TPSA) is 32.5 Å². The van der Waals surface area contributed by atoms with E-state index in [0.717, 1.165) is 43.2 Å². The van der Waals surface area contributed by atoms with Gasteiger partial charge in [-0.15, -0.1) is 11.8 Å². The highest BCUT2D eigenvalue weighted by Crippen LogP contribution is 2.29. The molecule has 1 saturated heterocycles. The van der Waals surface area contributed by atoms with Gasteiger partial charge in [0.1, 0.15) is 5.69 Å². The second-order valence-electron chi connectivity index (χ2n) is 9.45. The van der Waals surface area contributed by atoms with Gasteiger partial charge in [-0.2, -0.15) is 0 Å². The molecule has 0 bridgehead atoms. The third kappa shape index (κ3) is 6.09. The second-order valence-corrected chi connectivity index (χ2v) is 10.3. The van der Waals surface area contributed by atoms with E-state index < -0.39 is 0 Å². The molecule has 0 unspecified atom stereocenters. The van der Waals surface area contributed by atoms with E-state index in [9.17, 15) is 0 Å². The van der Waals surface area contributed by atoms with Gasteiger partial charge in [0.15, 0.2) is 0 Å². The smallest absolute Gasteiger partial charge is 0.228 e. The van der Waals surface area contributed by atoms with Crippen LogP contribution in [0.2, 0.25) is 0 Å². The van der Waals surface area contributed by atoms with Crippen LogP contribution >= 0.6 is 11.8 Å². The van der Waals surface area contributed by atoms with Crippen LogP contribution < -0.4 is 4.90 Å². The van der Waals surface area contributed by atoms with E-state index in [1.165, 1.54) is 60.0 Å². The van der Waals surface area contributed by atoms with Gasteiger partial charge < -0.3 is 14.3 Å². The third-order valence-corrected chi connectivity index (χ3v) is 7.78. The van der Waals surface area contributed by atoms with E-state index in [1.807, 2.05) is 0 Å². The standard InChI is InChI=1S/C30H35N3OS/c1-35-27-16-14-25(15-17-27)29-22-30(34-31-29)33(21-9-20-32-18-6-2-3-7-19-32)23-26-12-8-11-24-10-4-5-13-28(24)26/h4-5,8,10-17,22H,2-3,6-7,9,18-21,23H2,1H3. The van der Waals surface area contributed by atoms with Gasteiger partial charge in [-0.05, 0) is 73.6 Å². The van der Waals surface area contributed by atoms with Crippen molar-refractivity contribution >= 4 is 28.4 Å². The van der Waals surface area contributed by atoms with Crippen LogP contribution in [0.5, 0.6) is 0 Å². The number of anilines is 1. The Labute approximate surface area is 213 Å². The van der Waals surface area contributed by atoms with E-state index >= 15 is 0 Å². The van der Waals surface area contributed by atoms with Crippen LogP contribution in [0.15, 0.2) is 82.2 Å². The number of hydrogen-bond acceptors (Lipinski definition) is 5. The average molecular weight is 486 g/mol. The zero-order valence-corrected chi connectivity index (χ0v) is 21.5. The van der Waals surface area contributed by atoms with E-state index in [-0.39, 0.29) is 0 Å². The molecule has 5 heteroatoms.